The summed E-state index contributed by atoms with van der Waals surface area (Å²) in [6.45, 7) is 29.2. The van der Waals surface area contributed by atoms with Crippen molar-refractivity contribution >= 4 is 0 Å². The van der Waals surface area contributed by atoms with Crippen molar-refractivity contribution in [3.05, 3.63) is 0 Å². The van der Waals surface area contributed by atoms with E-state index in [-0.39, 0.29) is 24.8 Å². The van der Waals surface area contributed by atoms with Gasteiger partial charge in [0, 0.05) is 13.2 Å². The van der Waals surface area contributed by atoms with Crippen LogP contribution in [0.2, 0.25) is 0 Å². The highest BCUT2D eigenvalue weighted by Crippen LogP contribution is 2.30. The standard InChI is InChI=1S/C54H110O5/c1-13-15-17-19-21-23-25-33-57-53(31-27-29-43(3)35-45(5)37-47(7)39-49(9)41-51(11)55)59-54(58-34-26-24-22-20-18-16-14-2)32-28-30-44(4)36-46(6)38-48(8)40-50(10)42-52(12)56/h43-56H,13-42H2,1-12H3. The minimum Gasteiger partial charge on any atom is -0.393 e. The van der Waals surface area contributed by atoms with Crippen LogP contribution in [-0.2, 0) is 14.2 Å². The van der Waals surface area contributed by atoms with Crippen LogP contribution < -0.4 is 0 Å². The van der Waals surface area contributed by atoms with Crippen LogP contribution in [-0.4, -0.2) is 48.2 Å². The van der Waals surface area contributed by atoms with Gasteiger partial charge in [-0.15, -0.1) is 0 Å². The zero-order chi connectivity index (χ0) is 44.3. The number of hydrogen-bond acceptors (Lipinski definition) is 5. The number of hydrogen-bond donors (Lipinski definition) is 2. The van der Waals surface area contributed by atoms with E-state index in [2.05, 4.69) is 69.2 Å². The molecular formula is C54H110O5. The third kappa shape index (κ3) is 39.2. The van der Waals surface area contributed by atoms with E-state index in [4.69, 9.17) is 14.2 Å². The molecule has 0 aliphatic heterocycles. The van der Waals surface area contributed by atoms with Gasteiger partial charge in [0.15, 0.2) is 12.6 Å². The summed E-state index contributed by atoms with van der Waals surface area (Å²) in [5.41, 5.74) is 0. The predicted molar refractivity (Wildman–Crippen MR) is 258 cm³/mol. The van der Waals surface area contributed by atoms with Crippen molar-refractivity contribution in [1.82, 2.24) is 0 Å². The van der Waals surface area contributed by atoms with E-state index in [1.165, 1.54) is 128 Å². The Morgan fingerprint density at radius 1 is 0.305 bits per heavy atom. The van der Waals surface area contributed by atoms with Gasteiger partial charge in [0.05, 0.1) is 12.2 Å². The molecule has 5 heteroatoms. The minimum absolute atomic E-state index is 0.190. The normalized spacial score (nSPS) is 18.4. The van der Waals surface area contributed by atoms with Gasteiger partial charge in [0.25, 0.3) is 0 Å². The van der Waals surface area contributed by atoms with Gasteiger partial charge in [-0.25, -0.2) is 0 Å². The van der Waals surface area contributed by atoms with Crippen molar-refractivity contribution in [2.24, 2.45) is 47.3 Å². The molecule has 356 valence electrons. The smallest absolute Gasteiger partial charge is 0.160 e. The topological polar surface area (TPSA) is 68.2 Å². The van der Waals surface area contributed by atoms with Gasteiger partial charge in [-0.3, -0.25) is 0 Å². The van der Waals surface area contributed by atoms with Gasteiger partial charge in [0.2, 0.25) is 0 Å². The molecule has 0 aromatic carbocycles. The molecule has 12 atom stereocenters. The van der Waals surface area contributed by atoms with Crippen molar-refractivity contribution < 1.29 is 24.4 Å². The summed E-state index contributed by atoms with van der Waals surface area (Å²) >= 11 is 0. The molecule has 0 bridgehead atoms. The number of aliphatic hydroxyl groups is 2. The molecule has 0 radical (unpaired) electrons. The van der Waals surface area contributed by atoms with Gasteiger partial charge in [0.1, 0.15) is 0 Å². The Labute approximate surface area is 371 Å². The Morgan fingerprint density at radius 3 is 0.881 bits per heavy atom. The summed E-state index contributed by atoms with van der Waals surface area (Å²) in [6.07, 6.45) is 33.2. The van der Waals surface area contributed by atoms with E-state index in [0.29, 0.717) is 35.5 Å². The molecule has 0 aromatic heterocycles. The summed E-state index contributed by atoms with van der Waals surface area (Å²) in [7, 11) is 0. The summed E-state index contributed by atoms with van der Waals surface area (Å²) in [6, 6.07) is 0. The van der Waals surface area contributed by atoms with Crippen LogP contribution in [0.4, 0.5) is 0 Å². The van der Waals surface area contributed by atoms with Gasteiger partial charge >= 0.3 is 0 Å². The Balaban J connectivity index is 5.33. The number of rotatable bonds is 44. The van der Waals surface area contributed by atoms with Crippen LogP contribution in [0.25, 0.3) is 0 Å². The molecule has 0 saturated carbocycles. The molecule has 0 heterocycles. The van der Waals surface area contributed by atoms with Crippen LogP contribution in [0.5, 0.6) is 0 Å². The van der Waals surface area contributed by atoms with Crippen LogP contribution in [0.3, 0.4) is 0 Å². The monoisotopic (exact) mass is 839 g/mol. The second-order valence-electron chi connectivity index (χ2n) is 21.3. The Kier molecular flexibility index (Phi) is 39.3. The van der Waals surface area contributed by atoms with E-state index in [1.54, 1.807) is 0 Å². The van der Waals surface area contributed by atoms with Gasteiger partial charge in [-0.1, -0.05) is 159 Å². The second-order valence-corrected chi connectivity index (χ2v) is 21.3. The predicted octanol–water partition coefficient (Wildman–Crippen LogP) is 16.5. The molecule has 2 N–H and O–H groups in total. The van der Waals surface area contributed by atoms with E-state index in [0.717, 1.165) is 76.4 Å². The maximum Gasteiger partial charge on any atom is 0.160 e. The third-order valence-corrected chi connectivity index (χ3v) is 13.0. The van der Waals surface area contributed by atoms with E-state index >= 15 is 0 Å². The molecule has 0 aliphatic carbocycles. The summed E-state index contributed by atoms with van der Waals surface area (Å²) < 4.78 is 20.0. The van der Waals surface area contributed by atoms with Crippen LogP contribution in [0.15, 0.2) is 0 Å². The van der Waals surface area contributed by atoms with Crippen molar-refractivity contribution in [1.29, 1.82) is 0 Å². The molecule has 0 amide bonds. The van der Waals surface area contributed by atoms with E-state index in [9.17, 15) is 10.2 Å². The molecule has 0 spiro atoms. The van der Waals surface area contributed by atoms with E-state index < -0.39 is 0 Å². The molecule has 0 aromatic rings. The third-order valence-electron chi connectivity index (χ3n) is 13.0. The average Bonchev–Trinajstić information content (AvgIpc) is 3.12. The number of unbranched alkanes of at least 4 members (excludes halogenated alkanes) is 12. The van der Waals surface area contributed by atoms with Crippen molar-refractivity contribution in [2.45, 2.75) is 288 Å². The van der Waals surface area contributed by atoms with Crippen LogP contribution >= 0.6 is 0 Å². The Morgan fingerprint density at radius 2 is 0.576 bits per heavy atom. The van der Waals surface area contributed by atoms with Gasteiger partial charge < -0.3 is 24.4 Å². The molecule has 5 nitrogen and oxygen atoms in total. The summed E-state index contributed by atoms with van der Waals surface area (Å²) in [5, 5.41) is 19.6. The lowest BCUT2D eigenvalue weighted by Gasteiger charge is -2.27. The van der Waals surface area contributed by atoms with Crippen LogP contribution in [0, 0.1) is 47.3 Å². The second kappa shape index (κ2) is 39.4. The van der Waals surface area contributed by atoms with Crippen LogP contribution in [0.1, 0.15) is 263 Å². The quantitative estimate of drug-likeness (QED) is 0.0473. The highest BCUT2D eigenvalue weighted by Gasteiger charge is 2.21. The first-order chi connectivity index (χ1) is 28.1. The first-order valence-electron chi connectivity index (χ1n) is 26.4. The summed E-state index contributed by atoms with van der Waals surface area (Å²) in [4.78, 5) is 0. The SMILES string of the molecule is CCCCCCCCCOC(CCCC(C)CC(C)CC(C)CC(C)CC(C)O)OC(CCCC(C)CC(C)CC(C)CC(C)CC(C)O)OCCCCCCCCC. The highest BCUT2D eigenvalue weighted by atomic mass is 16.8. The lowest BCUT2D eigenvalue weighted by molar-refractivity contribution is -0.250. The molecule has 59 heavy (non-hydrogen) atoms. The first-order valence-corrected chi connectivity index (χ1v) is 26.4. The molecular weight excluding hydrogens is 729 g/mol. The van der Waals surface area contributed by atoms with E-state index in [1.807, 2.05) is 13.8 Å². The molecule has 0 fully saturated rings. The average molecular weight is 839 g/mol. The first kappa shape index (κ1) is 58.8. The largest absolute Gasteiger partial charge is 0.393 e. The van der Waals surface area contributed by atoms with Crippen molar-refractivity contribution in [3.63, 3.8) is 0 Å². The Hall–Kier alpha value is -0.200. The maximum atomic E-state index is 9.81. The maximum absolute atomic E-state index is 9.81. The zero-order valence-corrected chi connectivity index (χ0v) is 42.3. The lowest BCUT2D eigenvalue weighted by Crippen LogP contribution is -2.28. The zero-order valence-electron chi connectivity index (χ0n) is 42.3. The molecule has 0 saturated heterocycles. The van der Waals surface area contributed by atoms with Gasteiger partial charge in [-0.05, 0) is 151 Å². The minimum atomic E-state index is -0.196. The van der Waals surface area contributed by atoms with Gasteiger partial charge in [-0.2, -0.15) is 0 Å². The molecule has 0 aliphatic rings. The fourth-order valence-corrected chi connectivity index (χ4v) is 10.5. The Bertz CT molecular complexity index is 796. The number of aliphatic hydroxyl groups excluding tert-OH is 2. The fourth-order valence-electron chi connectivity index (χ4n) is 10.5. The summed E-state index contributed by atoms with van der Waals surface area (Å²) in [5.74, 6) is 5.42. The van der Waals surface area contributed by atoms with Crippen molar-refractivity contribution in [3.8, 4) is 0 Å². The molecule has 12 unspecified atom stereocenters. The fraction of sp³-hybridized carbons (Fsp3) is 1.00. The number of ether oxygens (including phenoxy) is 3. The lowest BCUT2D eigenvalue weighted by atomic mass is 9.83. The van der Waals surface area contributed by atoms with Crippen molar-refractivity contribution in [2.75, 3.05) is 13.2 Å². The molecule has 0 rings (SSSR count). The highest BCUT2D eigenvalue weighted by molar-refractivity contribution is 4.70.